The van der Waals surface area contributed by atoms with E-state index in [1.54, 1.807) is 6.92 Å². The van der Waals surface area contributed by atoms with Crippen LogP contribution in [0.4, 0.5) is 0 Å². The summed E-state index contributed by atoms with van der Waals surface area (Å²) in [4.78, 5) is 12.8. The number of hydrogen-bond acceptors (Lipinski definition) is 1. The Morgan fingerprint density at radius 2 is 1.70 bits per heavy atom. The third-order valence-corrected chi connectivity index (χ3v) is 2.43. The van der Waals surface area contributed by atoms with Crippen LogP contribution in [-0.4, -0.2) is 23.9 Å². The maximum absolute atomic E-state index is 10.9. The fourth-order valence-corrected chi connectivity index (χ4v) is 1.39. The molecule has 2 nitrogen and oxygen atoms in total. The van der Waals surface area contributed by atoms with Crippen LogP contribution in [0.3, 0.4) is 0 Å². The molecule has 0 spiro atoms. The number of carbonyl (C=O) groups is 1. The summed E-state index contributed by atoms with van der Waals surface area (Å²) < 4.78 is 0. The van der Waals surface area contributed by atoms with Crippen LogP contribution in [0.1, 0.15) is 20.8 Å². The van der Waals surface area contributed by atoms with Crippen molar-refractivity contribution in [1.29, 1.82) is 0 Å². The standard InChI is InChI=1S/C8H15NO/c1-6-4-9(8(3)10)5-7(6)2/h6-7H,4-5H2,1-3H3/t6-,7-/m0/s1. The van der Waals surface area contributed by atoms with E-state index in [0.29, 0.717) is 11.8 Å². The molecule has 2 atom stereocenters. The summed E-state index contributed by atoms with van der Waals surface area (Å²) in [6, 6.07) is 0. The second kappa shape index (κ2) is 2.60. The first-order valence-electron chi connectivity index (χ1n) is 3.86. The van der Waals surface area contributed by atoms with E-state index >= 15 is 0 Å². The van der Waals surface area contributed by atoms with Gasteiger partial charge in [0.25, 0.3) is 0 Å². The molecule has 0 saturated carbocycles. The molecule has 0 radical (unpaired) electrons. The van der Waals surface area contributed by atoms with Crippen molar-refractivity contribution in [3.05, 3.63) is 0 Å². The zero-order chi connectivity index (χ0) is 7.72. The van der Waals surface area contributed by atoms with Crippen molar-refractivity contribution >= 4 is 5.91 Å². The summed E-state index contributed by atoms with van der Waals surface area (Å²) in [5.74, 6) is 1.59. The van der Waals surface area contributed by atoms with Gasteiger partial charge in [0, 0.05) is 20.0 Å². The van der Waals surface area contributed by atoms with Crippen molar-refractivity contribution in [1.82, 2.24) is 4.90 Å². The molecule has 1 fully saturated rings. The highest BCUT2D eigenvalue weighted by atomic mass is 16.2. The van der Waals surface area contributed by atoms with Gasteiger partial charge in [0.2, 0.25) is 5.91 Å². The minimum absolute atomic E-state index is 0.219. The second-order valence-electron chi connectivity index (χ2n) is 3.38. The summed E-state index contributed by atoms with van der Waals surface area (Å²) in [6.45, 7) is 7.96. The van der Waals surface area contributed by atoms with Crippen LogP contribution in [0.15, 0.2) is 0 Å². The van der Waals surface area contributed by atoms with Gasteiger partial charge in [0.15, 0.2) is 0 Å². The Morgan fingerprint density at radius 1 is 1.30 bits per heavy atom. The normalized spacial score (nSPS) is 32.9. The molecule has 1 amide bonds. The number of rotatable bonds is 0. The lowest BCUT2D eigenvalue weighted by atomic mass is 10.0. The average Bonchev–Trinajstić information content (AvgIpc) is 2.13. The molecule has 0 bridgehead atoms. The monoisotopic (exact) mass is 141 g/mol. The van der Waals surface area contributed by atoms with Gasteiger partial charge in [-0.3, -0.25) is 4.79 Å². The SMILES string of the molecule is CC(=O)N1C[C@H](C)[C@@H](C)C1. The Hall–Kier alpha value is -0.530. The van der Waals surface area contributed by atoms with E-state index in [2.05, 4.69) is 13.8 Å². The van der Waals surface area contributed by atoms with E-state index < -0.39 is 0 Å². The van der Waals surface area contributed by atoms with Crippen molar-refractivity contribution in [3.8, 4) is 0 Å². The highest BCUT2D eigenvalue weighted by molar-refractivity contribution is 5.73. The number of nitrogens with zero attached hydrogens (tertiary/aromatic N) is 1. The molecule has 1 aliphatic rings. The van der Waals surface area contributed by atoms with Gasteiger partial charge in [0.05, 0.1) is 0 Å². The van der Waals surface area contributed by atoms with E-state index in [0.717, 1.165) is 13.1 Å². The maximum Gasteiger partial charge on any atom is 0.219 e. The molecule has 0 unspecified atom stereocenters. The van der Waals surface area contributed by atoms with Gasteiger partial charge in [0.1, 0.15) is 0 Å². The first kappa shape index (κ1) is 7.58. The summed E-state index contributed by atoms with van der Waals surface area (Å²) in [5.41, 5.74) is 0. The Bertz CT molecular complexity index is 134. The Morgan fingerprint density at radius 3 is 1.90 bits per heavy atom. The maximum atomic E-state index is 10.9. The number of hydrogen-bond donors (Lipinski definition) is 0. The fraction of sp³-hybridized carbons (Fsp3) is 0.875. The highest BCUT2D eigenvalue weighted by Gasteiger charge is 2.26. The lowest BCUT2D eigenvalue weighted by Crippen LogP contribution is -2.25. The molecule has 0 aromatic heterocycles. The van der Waals surface area contributed by atoms with E-state index in [-0.39, 0.29) is 5.91 Å². The molecular weight excluding hydrogens is 126 g/mol. The van der Waals surface area contributed by atoms with E-state index in [1.807, 2.05) is 4.90 Å². The van der Waals surface area contributed by atoms with Crippen molar-refractivity contribution in [2.75, 3.05) is 13.1 Å². The van der Waals surface area contributed by atoms with Gasteiger partial charge in [-0.1, -0.05) is 13.8 Å². The number of likely N-dealkylation sites (tertiary alicyclic amines) is 1. The minimum Gasteiger partial charge on any atom is -0.342 e. The van der Waals surface area contributed by atoms with Gasteiger partial charge in [-0.05, 0) is 11.8 Å². The van der Waals surface area contributed by atoms with E-state index in [4.69, 9.17) is 0 Å². The van der Waals surface area contributed by atoms with Crippen LogP contribution in [-0.2, 0) is 4.79 Å². The average molecular weight is 141 g/mol. The smallest absolute Gasteiger partial charge is 0.219 e. The Kier molecular flexibility index (Phi) is 1.97. The Balaban J connectivity index is 2.49. The molecule has 1 rings (SSSR count). The quantitative estimate of drug-likeness (QED) is 0.495. The molecule has 58 valence electrons. The molecule has 1 aliphatic heterocycles. The molecule has 10 heavy (non-hydrogen) atoms. The van der Waals surface area contributed by atoms with Gasteiger partial charge in [-0.2, -0.15) is 0 Å². The molecule has 0 aliphatic carbocycles. The Labute approximate surface area is 62.2 Å². The topological polar surface area (TPSA) is 20.3 Å². The van der Waals surface area contributed by atoms with Gasteiger partial charge in [-0.15, -0.1) is 0 Å². The van der Waals surface area contributed by atoms with Crippen LogP contribution in [0.25, 0.3) is 0 Å². The van der Waals surface area contributed by atoms with E-state index in [9.17, 15) is 4.79 Å². The molecule has 0 aromatic carbocycles. The first-order chi connectivity index (χ1) is 4.61. The zero-order valence-corrected chi connectivity index (χ0v) is 6.92. The van der Waals surface area contributed by atoms with E-state index in [1.165, 1.54) is 0 Å². The third kappa shape index (κ3) is 1.31. The first-order valence-corrected chi connectivity index (χ1v) is 3.86. The van der Waals surface area contributed by atoms with Gasteiger partial charge in [-0.25, -0.2) is 0 Å². The van der Waals surface area contributed by atoms with Crippen molar-refractivity contribution in [3.63, 3.8) is 0 Å². The summed E-state index contributed by atoms with van der Waals surface area (Å²) in [6.07, 6.45) is 0. The molecule has 1 saturated heterocycles. The lowest BCUT2D eigenvalue weighted by Gasteiger charge is -2.11. The minimum atomic E-state index is 0.219. The number of carbonyl (C=O) groups excluding carboxylic acids is 1. The summed E-state index contributed by atoms with van der Waals surface area (Å²) >= 11 is 0. The van der Waals surface area contributed by atoms with Crippen LogP contribution in [0.5, 0.6) is 0 Å². The molecule has 1 heterocycles. The number of amides is 1. The largest absolute Gasteiger partial charge is 0.342 e. The van der Waals surface area contributed by atoms with Crippen LogP contribution in [0, 0.1) is 11.8 Å². The van der Waals surface area contributed by atoms with Crippen LogP contribution < -0.4 is 0 Å². The third-order valence-electron chi connectivity index (χ3n) is 2.43. The molecule has 2 heteroatoms. The van der Waals surface area contributed by atoms with Crippen LogP contribution >= 0.6 is 0 Å². The van der Waals surface area contributed by atoms with Crippen molar-refractivity contribution < 1.29 is 4.79 Å². The fourth-order valence-electron chi connectivity index (χ4n) is 1.39. The van der Waals surface area contributed by atoms with Crippen molar-refractivity contribution in [2.24, 2.45) is 11.8 Å². The zero-order valence-electron chi connectivity index (χ0n) is 6.92. The highest BCUT2D eigenvalue weighted by Crippen LogP contribution is 2.21. The van der Waals surface area contributed by atoms with Gasteiger partial charge < -0.3 is 4.90 Å². The van der Waals surface area contributed by atoms with Crippen LogP contribution in [0.2, 0.25) is 0 Å². The molecular formula is C8H15NO. The molecule has 0 aromatic rings. The molecule has 0 N–H and O–H groups in total. The van der Waals surface area contributed by atoms with Crippen molar-refractivity contribution in [2.45, 2.75) is 20.8 Å². The predicted molar refractivity (Wildman–Crippen MR) is 40.6 cm³/mol. The summed E-state index contributed by atoms with van der Waals surface area (Å²) in [7, 11) is 0. The second-order valence-corrected chi connectivity index (χ2v) is 3.38. The van der Waals surface area contributed by atoms with Gasteiger partial charge >= 0.3 is 0 Å². The predicted octanol–water partition coefficient (Wildman–Crippen LogP) is 1.12. The lowest BCUT2D eigenvalue weighted by molar-refractivity contribution is -0.128. The summed E-state index contributed by atoms with van der Waals surface area (Å²) in [5, 5.41) is 0.